The second kappa shape index (κ2) is 7.05. The third-order valence-corrected chi connectivity index (χ3v) is 5.95. The molecule has 8 heteroatoms. The van der Waals surface area contributed by atoms with Crippen molar-refractivity contribution in [3.05, 3.63) is 62.6 Å². The van der Waals surface area contributed by atoms with Gasteiger partial charge in [-0.25, -0.2) is 9.97 Å². The monoisotopic (exact) mass is 403 g/mol. The lowest BCUT2D eigenvalue weighted by molar-refractivity contribution is 0.102. The topological polar surface area (TPSA) is 54.9 Å². The van der Waals surface area contributed by atoms with Crippen molar-refractivity contribution in [2.45, 2.75) is 0 Å². The molecule has 0 spiro atoms. The molecule has 4 rings (SSSR count). The molecule has 0 saturated heterocycles. The van der Waals surface area contributed by atoms with E-state index in [1.807, 2.05) is 46.5 Å². The summed E-state index contributed by atoms with van der Waals surface area (Å²) in [7, 11) is 0. The van der Waals surface area contributed by atoms with E-state index in [0.29, 0.717) is 15.8 Å². The van der Waals surface area contributed by atoms with Crippen LogP contribution in [0.15, 0.2) is 51.9 Å². The van der Waals surface area contributed by atoms with Gasteiger partial charge < -0.3 is 0 Å². The van der Waals surface area contributed by atoms with Crippen LogP contribution in [0.4, 0.5) is 5.13 Å². The van der Waals surface area contributed by atoms with Crippen molar-refractivity contribution in [2.75, 3.05) is 5.32 Å². The van der Waals surface area contributed by atoms with Crippen LogP contribution >= 0.6 is 45.6 Å². The number of thiazole rings is 2. The predicted molar refractivity (Wildman–Crippen MR) is 106 cm³/mol. The van der Waals surface area contributed by atoms with Crippen molar-refractivity contribution in [1.29, 1.82) is 0 Å². The first-order chi connectivity index (χ1) is 12.2. The minimum absolute atomic E-state index is 0.255. The Bertz CT molecular complexity index is 1010. The molecule has 0 aliphatic carbocycles. The number of carbonyl (C=O) groups excluding carboxylic acids is 1. The number of hydrogen-bond donors (Lipinski definition) is 1. The molecule has 0 fully saturated rings. The molecule has 0 aliphatic rings. The van der Waals surface area contributed by atoms with Crippen molar-refractivity contribution in [1.82, 2.24) is 9.97 Å². The van der Waals surface area contributed by atoms with Crippen molar-refractivity contribution >= 4 is 56.7 Å². The Labute approximate surface area is 160 Å². The Morgan fingerprint density at radius 3 is 2.56 bits per heavy atom. The molecule has 4 aromatic rings. The molecule has 1 amide bonds. The maximum Gasteiger partial charge on any atom is 0.276 e. The molecule has 124 valence electrons. The first-order valence-corrected chi connectivity index (χ1v) is 10.3. The van der Waals surface area contributed by atoms with E-state index in [1.54, 1.807) is 16.7 Å². The summed E-state index contributed by atoms with van der Waals surface area (Å²) in [6.07, 6.45) is 0. The van der Waals surface area contributed by atoms with Crippen LogP contribution in [-0.2, 0) is 0 Å². The fourth-order valence-corrected chi connectivity index (χ4v) is 4.50. The summed E-state index contributed by atoms with van der Waals surface area (Å²) in [6.45, 7) is 0. The van der Waals surface area contributed by atoms with Gasteiger partial charge in [0, 0.05) is 32.3 Å². The quantitative estimate of drug-likeness (QED) is 0.461. The van der Waals surface area contributed by atoms with Gasteiger partial charge in [-0.05, 0) is 23.6 Å². The summed E-state index contributed by atoms with van der Waals surface area (Å²) in [5.74, 6) is -0.255. The summed E-state index contributed by atoms with van der Waals surface area (Å²) >= 11 is 10.3. The van der Waals surface area contributed by atoms with Gasteiger partial charge in [0.15, 0.2) is 5.13 Å². The number of rotatable bonds is 4. The Morgan fingerprint density at radius 1 is 0.960 bits per heavy atom. The van der Waals surface area contributed by atoms with Crippen molar-refractivity contribution in [3.63, 3.8) is 0 Å². The van der Waals surface area contributed by atoms with Crippen LogP contribution in [0.25, 0.3) is 21.8 Å². The average molecular weight is 404 g/mol. The minimum atomic E-state index is -0.255. The molecular weight excluding hydrogens is 394 g/mol. The summed E-state index contributed by atoms with van der Waals surface area (Å²) in [6, 6.07) is 9.42. The molecule has 0 aliphatic heterocycles. The maximum absolute atomic E-state index is 12.4. The van der Waals surface area contributed by atoms with Crippen LogP contribution in [0.3, 0.4) is 0 Å². The maximum atomic E-state index is 12.4. The number of hydrogen-bond acceptors (Lipinski definition) is 6. The molecule has 0 bridgehead atoms. The molecule has 25 heavy (non-hydrogen) atoms. The molecule has 1 N–H and O–H groups in total. The molecule has 4 nitrogen and oxygen atoms in total. The summed E-state index contributed by atoms with van der Waals surface area (Å²) < 4.78 is 0. The first kappa shape index (κ1) is 16.4. The van der Waals surface area contributed by atoms with Gasteiger partial charge in [-0.15, -0.1) is 22.7 Å². The second-order valence-corrected chi connectivity index (χ2v) is 7.98. The zero-order valence-corrected chi connectivity index (χ0v) is 15.8. The SMILES string of the molecule is O=C(Nc1nc(-c2ccc(Cl)cc2)cs1)c1csc(-c2ccsc2)n1. The Morgan fingerprint density at radius 2 is 1.80 bits per heavy atom. The van der Waals surface area contributed by atoms with Crippen LogP contribution in [0, 0.1) is 0 Å². The van der Waals surface area contributed by atoms with Crippen LogP contribution in [-0.4, -0.2) is 15.9 Å². The zero-order chi connectivity index (χ0) is 17.2. The van der Waals surface area contributed by atoms with Gasteiger partial charge in [0.25, 0.3) is 5.91 Å². The van der Waals surface area contributed by atoms with E-state index < -0.39 is 0 Å². The molecule has 0 radical (unpaired) electrons. The van der Waals surface area contributed by atoms with Gasteiger partial charge in [-0.2, -0.15) is 11.3 Å². The Hall–Kier alpha value is -2.06. The molecule has 3 aromatic heterocycles. The second-order valence-electron chi connectivity index (χ2n) is 5.05. The standard InChI is InChI=1S/C17H10ClN3OS3/c18-12-3-1-10(2-4-12)13-8-25-17(20-13)21-15(22)14-9-24-16(19-14)11-5-6-23-7-11/h1-9H,(H,20,21,22). The van der Waals surface area contributed by atoms with E-state index in [1.165, 1.54) is 22.7 Å². The van der Waals surface area contributed by atoms with E-state index >= 15 is 0 Å². The third-order valence-electron chi connectivity index (χ3n) is 3.37. The number of benzene rings is 1. The number of halogens is 1. The third kappa shape index (κ3) is 3.64. The predicted octanol–water partition coefficient (Wildman–Crippen LogP) is 5.90. The van der Waals surface area contributed by atoms with Crippen LogP contribution in [0.1, 0.15) is 10.5 Å². The highest BCUT2D eigenvalue weighted by Gasteiger charge is 2.14. The van der Waals surface area contributed by atoms with Gasteiger partial charge in [0.2, 0.25) is 0 Å². The first-order valence-electron chi connectivity index (χ1n) is 7.20. The van der Waals surface area contributed by atoms with E-state index in [9.17, 15) is 4.79 Å². The van der Waals surface area contributed by atoms with Crippen molar-refractivity contribution < 1.29 is 4.79 Å². The Kier molecular flexibility index (Phi) is 4.63. The summed E-state index contributed by atoms with van der Waals surface area (Å²) in [5, 5.41) is 12.5. The number of nitrogens with one attached hydrogen (secondary N) is 1. The number of aromatic nitrogens is 2. The lowest BCUT2D eigenvalue weighted by Gasteiger charge is -1.98. The highest BCUT2D eigenvalue weighted by atomic mass is 35.5. The van der Waals surface area contributed by atoms with E-state index in [2.05, 4.69) is 15.3 Å². The van der Waals surface area contributed by atoms with Gasteiger partial charge in [-0.3, -0.25) is 10.1 Å². The number of thiophene rings is 1. The fraction of sp³-hybridized carbons (Fsp3) is 0. The minimum Gasteiger partial charge on any atom is -0.296 e. The number of anilines is 1. The smallest absolute Gasteiger partial charge is 0.276 e. The van der Waals surface area contributed by atoms with Gasteiger partial charge in [-0.1, -0.05) is 23.7 Å². The highest BCUT2D eigenvalue weighted by Crippen LogP contribution is 2.28. The normalized spacial score (nSPS) is 10.8. The lowest BCUT2D eigenvalue weighted by atomic mass is 10.2. The molecule has 3 heterocycles. The molecular formula is C17H10ClN3OS3. The van der Waals surface area contributed by atoms with Crippen molar-refractivity contribution in [3.8, 4) is 21.8 Å². The molecule has 0 saturated carbocycles. The highest BCUT2D eigenvalue weighted by molar-refractivity contribution is 7.14. The lowest BCUT2D eigenvalue weighted by Crippen LogP contribution is -2.12. The van der Waals surface area contributed by atoms with Crippen molar-refractivity contribution in [2.24, 2.45) is 0 Å². The van der Waals surface area contributed by atoms with Crippen LogP contribution in [0.2, 0.25) is 5.02 Å². The van der Waals surface area contributed by atoms with Gasteiger partial charge in [0.05, 0.1) is 5.69 Å². The van der Waals surface area contributed by atoms with Gasteiger partial charge >= 0.3 is 0 Å². The number of nitrogens with zero attached hydrogens (tertiary/aromatic N) is 2. The zero-order valence-electron chi connectivity index (χ0n) is 12.6. The number of carbonyl (C=O) groups is 1. The average Bonchev–Trinajstić information content (AvgIpc) is 3.36. The van der Waals surface area contributed by atoms with Crippen LogP contribution < -0.4 is 5.32 Å². The summed E-state index contributed by atoms with van der Waals surface area (Å²) in [5.41, 5.74) is 3.19. The fourth-order valence-electron chi connectivity index (χ4n) is 2.14. The number of amides is 1. The van der Waals surface area contributed by atoms with Crippen LogP contribution in [0.5, 0.6) is 0 Å². The van der Waals surface area contributed by atoms with E-state index in [0.717, 1.165) is 21.8 Å². The summed E-state index contributed by atoms with van der Waals surface area (Å²) in [4.78, 5) is 21.2. The largest absolute Gasteiger partial charge is 0.296 e. The van der Waals surface area contributed by atoms with E-state index in [-0.39, 0.29) is 5.91 Å². The Balaban J connectivity index is 1.49. The van der Waals surface area contributed by atoms with E-state index in [4.69, 9.17) is 11.6 Å². The molecule has 1 aromatic carbocycles. The molecule has 0 atom stereocenters. The molecule has 0 unspecified atom stereocenters. The van der Waals surface area contributed by atoms with Gasteiger partial charge in [0.1, 0.15) is 10.7 Å².